The van der Waals surface area contributed by atoms with Crippen molar-refractivity contribution in [3.05, 3.63) is 48.0 Å². The molecule has 0 aromatic heterocycles. The molecule has 2 aromatic carbocycles. The maximum Gasteiger partial charge on any atom is 0.316 e. The van der Waals surface area contributed by atoms with Crippen LogP contribution in [0.25, 0.3) is 0 Å². The molecule has 1 atom stereocenters. The Morgan fingerprint density at radius 2 is 1.90 bits per heavy atom. The number of fused-ring (bicyclic) bond motifs is 1. The summed E-state index contributed by atoms with van der Waals surface area (Å²) >= 11 is 0. The van der Waals surface area contributed by atoms with E-state index in [4.69, 9.17) is 10.5 Å². The zero-order chi connectivity index (χ0) is 14.8. The Bertz CT molecular complexity index is 670. The summed E-state index contributed by atoms with van der Waals surface area (Å²) in [5.74, 6) is 0.885. The molecule has 0 fully saturated rings. The number of phenols is 1. The van der Waals surface area contributed by atoms with Gasteiger partial charge < -0.3 is 26.2 Å². The number of hydrogen-bond donors (Lipinski definition) is 4. The fraction of sp³-hybridized carbons (Fsp3) is 0.133. The van der Waals surface area contributed by atoms with Gasteiger partial charge in [0.15, 0.2) is 0 Å². The summed E-state index contributed by atoms with van der Waals surface area (Å²) < 4.78 is 5.54. The Morgan fingerprint density at radius 3 is 2.62 bits per heavy atom. The Balaban J connectivity index is 1.72. The minimum atomic E-state index is -0.589. The molecule has 21 heavy (non-hydrogen) atoms. The maximum absolute atomic E-state index is 10.8. The van der Waals surface area contributed by atoms with Crippen LogP contribution in [0.1, 0.15) is 11.6 Å². The molecular weight excluding hydrogens is 270 g/mol. The molecule has 6 heteroatoms. The third-order valence-corrected chi connectivity index (χ3v) is 3.27. The van der Waals surface area contributed by atoms with E-state index in [1.165, 1.54) is 0 Å². The third-order valence-electron chi connectivity index (χ3n) is 3.27. The zero-order valence-electron chi connectivity index (χ0n) is 11.2. The monoisotopic (exact) mass is 285 g/mol. The number of hydrogen-bond acceptors (Lipinski definition) is 4. The van der Waals surface area contributed by atoms with Gasteiger partial charge in [-0.05, 0) is 36.4 Å². The van der Waals surface area contributed by atoms with Gasteiger partial charge in [0.1, 0.15) is 18.1 Å². The standard InChI is InChI=1S/C15H15N3O3/c16-15(20)18-10-3-1-9(2-4-10)17-13-8-21-14-7-11(19)5-6-12(13)14/h1-7,13,17,19H,8H2,(H3,16,18,20). The van der Waals surface area contributed by atoms with E-state index in [0.717, 1.165) is 11.3 Å². The summed E-state index contributed by atoms with van der Waals surface area (Å²) in [5.41, 5.74) is 7.61. The van der Waals surface area contributed by atoms with E-state index in [1.807, 2.05) is 18.2 Å². The second-order valence-electron chi connectivity index (χ2n) is 4.80. The van der Waals surface area contributed by atoms with Crippen molar-refractivity contribution < 1.29 is 14.6 Å². The van der Waals surface area contributed by atoms with Crippen LogP contribution in [0, 0.1) is 0 Å². The Kier molecular flexibility index (Phi) is 3.27. The van der Waals surface area contributed by atoms with Crippen LogP contribution in [0.15, 0.2) is 42.5 Å². The molecule has 0 saturated heterocycles. The number of nitrogens with one attached hydrogen (secondary N) is 2. The molecule has 3 rings (SSSR count). The fourth-order valence-corrected chi connectivity index (χ4v) is 2.31. The van der Waals surface area contributed by atoms with Crippen LogP contribution in [0.2, 0.25) is 0 Å². The number of anilines is 2. The molecule has 1 aliphatic heterocycles. The van der Waals surface area contributed by atoms with Crippen molar-refractivity contribution in [1.29, 1.82) is 0 Å². The van der Waals surface area contributed by atoms with Gasteiger partial charge in [-0.2, -0.15) is 0 Å². The highest BCUT2D eigenvalue weighted by Crippen LogP contribution is 2.36. The van der Waals surface area contributed by atoms with Crippen LogP contribution in [-0.4, -0.2) is 17.7 Å². The van der Waals surface area contributed by atoms with E-state index in [-0.39, 0.29) is 11.8 Å². The van der Waals surface area contributed by atoms with Crippen molar-refractivity contribution in [1.82, 2.24) is 0 Å². The normalized spacial score (nSPS) is 15.9. The second kappa shape index (κ2) is 5.24. The van der Waals surface area contributed by atoms with E-state index in [2.05, 4.69) is 10.6 Å². The van der Waals surface area contributed by atoms with Gasteiger partial charge in [-0.15, -0.1) is 0 Å². The molecule has 5 N–H and O–H groups in total. The third kappa shape index (κ3) is 2.84. The SMILES string of the molecule is NC(=O)Nc1ccc(NC2COc3cc(O)ccc32)cc1. The van der Waals surface area contributed by atoms with Gasteiger partial charge in [-0.25, -0.2) is 4.79 Å². The predicted molar refractivity (Wildman–Crippen MR) is 79.6 cm³/mol. The molecule has 1 aliphatic rings. The smallest absolute Gasteiger partial charge is 0.316 e. The fourth-order valence-electron chi connectivity index (χ4n) is 2.31. The highest BCUT2D eigenvalue weighted by Gasteiger charge is 2.24. The molecule has 0 aliphatic carbocycles. The number of urea groups is 1. The summed E-state index contributed by atoms with van der Waals surface area (Å²) in [6.07, 6.45) is 0. The first-order valence-corrected chi connectivity index (χ1v) is 6.50. The van der Waals surface area contributed by atoms with Gasteiger partial charge in [0.05, 0.1) is 6.04 Å². The van der Waals surface area contributed by atoms with Crippen molar-refractivity contribution in [2.45, 2.75) is 6.04 Å². The first-order valence-electron chi connectivity index (χ1n) is 6.50. The number of carbonyl (C=O) groups is 1. The summed E-state index contributed by atoms with van der Waals surface area (Å²) in [5, 5.41) is 15.3. The predicted octanol–water partition coefficient (Wildman–Crippen LogP) is 2.43. The van der Waals surface area contributed by atoms with E-state index in [9.17, 15) is 9.90 Å². The summed E-state index contributed by atoms with van der Waals surface area (Å²) in [6, 6.07) is 11.8. The van der Waals surface area contributed by atoms with E-state index in [0.29, 0.717) is 18.0 Å². The average molecular weight is 285 g/mol. The van der Waals surface area contributed by atoms with Crippen molar-refractivity contribution in [2.24, 2.45) is 5.73 Å². The molecule has 1 unspecified atom stereocenters. The second-order valence-corrected chi connectivity index (χ2v) is 4.80. The number of nitrogens with two attached hydrogens (primary N) is 1. The molecule has 108 valence electrons. The number of rotatable bonds is 3. The molecule has 0 radical (unpaired) electrons. The van der Waals surface area contributed by atoms with Crippen molar-refractivity contribution in [3.63, 3.8) is 0 Å². The lowest BCUT2D eigenvalue weighted by Gasteiger charge is -2.13. The minimum absolute atomic E-state index is 0.0237. The highest BCUT2D eigenvalue weighted by atomic mass is 16.5. The molecular formula is C15H15N3O3. The number of ether oxygens (including phenoxy) is 1. The lowest BCUT2D eigenvalue weighted by Crippen LogP contribution is -2.19. The molecule has 6 nitrogen and oxygen atoms in total. The van der Waals surface area contributed by atoms with Crippen LogP contribution in [-0.2, 0) is 0 Å². The van der Waals surface area contributed by atoms with E-state index >= 15 is 0 Å². The van der Waals surface area contributed by atoms with Crippen molar-refractivity contribution >= 4 is 17.4 Å². The summed E-state index contributed by atoms with van der Waals surface area (Å²) in [7, 11) is 0. The number of carbonyl (C=O) groups excluding carboxylic acids is 1. The van der Waals surface area contributed by atoms with Crippen molar-refractivity contribution in [2.75, 3.05) is 17.2 Å². The van der Waals surface area contributed by atoms with Crippen LogP contribution in [0.5, 0.6) is 11.5 Å². The molecule has 2 aromatic rings. The number of benzene rings is 2. The Hall–Kier alpha value is -2.89. The Labute approximate surface area is 121 Å². The van der Waals surface area contributed by atoms with Crippen LogP contribution >= 0.6 is 0 Å². The summed E-state index contributed by atoms with van der Waals surface area (Å²) in [6.45, 7) is 0.500. The molecule has 0 saturated carbocycles. The number of phenolic OH excluding ortho intramolecular Hbond substituents is 1. The van der Waals surface area contributed by atoms with Crippen LogP contribution < -0.4 is 21.1 Å². The Morgan fingerprint density at radius 1 is 1.19 bits per heavy atom. The van der Waals surface area contributed by atoms with E-state index < -0.39 is 6.03 Å². The first kappa shape index (κ1) is 13.1. The van der Waals surface area contributed by atoms with Crippen molar-refractivity contribution in [3.8, 4) is 11.5 Å². The number of amides is 2. The molecule has 1 heterocycles. The minimum Gasteiger partial charge on any atom is -0.508 e. The van der Waals surface area contributed by atoms with Gasteiger partial charge >= 0.3 is 6.03 Å². The lowest BCUT2D eigenvalue weighted by atomic mass is 10.1. The van der Waals surface area contributed by atoms with Gasteiger partial charge in [0, 0.05) is 23.0 Å². The maximum atomic E-state index is 10.8. The van der Waals surface area contributed by atoms with Gasteiger partial charge in [0.25, 0.3) is 0 Å². The first-order chi connectivity index (χ1) is 10.1. The molecule has 0 spiro atoms. The van der Waals surface area contributed by atoms with Crippen LogP contribution in [0.3, 0.4) is 0 Å². The van der Waals surface area contributed by atoms with Gasteiger partial charge in [-0.1, -0.05) is 0 Å². The van der Waals surface area contributed by atoms with E-state index in [1.54, 1.807) is 24.3 Å². The lowest BCUT2D eigenvalue weighted by molar-refractivity contribution is 0.259. The largest absolute Gasteiger partial charge is 0.508 e. The zero-order valence-corrected chi connectivity index (χ0v) is 11.2. The van der Waals surface area contributed by atoms with Gasteiger partial charge in [0.2, 0.25) is 0 Å². The molecule has 2 amide bonds. The highest BCUT2D eigenvalue weighted by molar-refractivity contribution is 5.87. The quantitative estimate of drug-likeness (QED) is 0.696. The topological polar surface area (TPSA) is 96.6 Å². The number of primary amides is 1. The molecule has 0 bridgehead atoms. The van der Waals surface area contributed by atoms with Crippen LogP contribution in [0.4, 0.5) is 16.2 Å². The van der Waals surface area contributed by atoms with Gasteiger partial charge in [-0.3, -0.25) is 0 Å². The summed E-state index contributed by atoms with van der Waals surface area (Å²) in [4.78, 5) is 10.8. The average Bonchev–Trinajstić information content (AvgIpc) is 2.83. The number of aromatic hydroxyl groups is 1.